The molecular weight excluding hydrogens is 364 g/mol. The third-order valence-electron chi connectivity index (χ3n) is 4.13. The molecule has 0 unspecified atom stereocenters. The Morgan fingerprint density at radius 1 is 1.15 bits per heavy atom. The average Bonchev–Trinajstić information content (AvgIpc) is 2.69. The van der Waals surface area contributed by atoms with Crippen molar-refractivity contribution in [2.24, 2.45) is 4.99 Å². The molecule has 0 aromatic heterocycles. The van der Waals surface area contributed by atoms with Gasteiger partial charge in [-0.3, -0.25) is 4.99 Å². The Hall–Kier alpha value is -2.58. The second-order valence-electron chi connectivity index (χ2n) is 5.92. The number of nitrogens with one attached hydrogen (secondary N) is 2. The highest BCUT2D eigenvalue weighted by Crippen LogP contribution is 2.18. The van der Waals surface area contributed by atoms with E-state index in [9.17, 15) is 8.42 Å². The van der Waals surface area contributed by atoms with Crippen LogP contribution in [0.15, 0.2) is 58.4 Å². The summed E-state index contributed by atoms with van der Waals surface area (Å²) in [6.07, 6.45) is 0. The Bertz CT molecular complexity index is 880. The van der Waals surface area contributed by atoms with E-state index in [0.29, 0.717) is 13.1 Å². The number of benzene rings is 2. The van der Waals surface area contributed by atoms with Crippen LogP contribution in [0, 0.1) is 0 Å². The second-order valence-corrected chi connectivity index (χ2v) is 7.81. The Balaban J connectivity index is 2.01. The van der Waals surface area contributed by atoms with Crippen molar-refractivity contribution in [2.75, 3.05) is 28.3 Å². The summed E-state index contributed by atoms with van der Waals surface area (Å²) in [5.41, 5.74) is 2.02. The maximum absolute atomic E-state index is 11.8. The molecular formula is C19H26N4O3S. The number of guanidine groups is 1. The zero-order valence-electron chi connectivity index (χ0n) is 16.1. The van der Waals surface area contributed by atoms with E-state index >= 15 is 0 Å². The molecule has 0 saturated carbocycles. The maximum Gasteiger partial charge on any atom is 0.240 e. The zero-order valence-corrected chi connectivity index (χ0v) is 16.9. The molecule has 8 heteroatoms. The lowest BCUT2D eigenvalue weighted by Gasteiger charge is -2.23. The van der Waals surface area contributed by atoms with Gasteiger partial charge in [0.2, 0.25) is 10.0 Å². The van der Waals surface area contributed by atoms with Crippen LogP contribution in [0.4, 0.5) is 0 Å². The standard InChI is InChI=1S/C19H26N4O3S/c1-20-19(23(3)14-16-7-5-6-8-18(16)26-4)22-13-15-9-11-17(12-10-15)27(24,25)21-2/h5-12,21H,13-14H2,1-4H3,(H,20,22). The summed E-state index contributed by atoms with van der Waals surface area (Å²) in [7, 11) is 3.31. The van der Waals surface area contributed by atoms with Gasteiger partial charge < -0.3 is 15.0 Å². The number of rotatable bonds is 7. The molecule has 2 N–H and O–H groups in total. The van der Waals surface area contributed by atoms with Crippen molar-refractivity contribution in [1.29, 1.82) is 0 Å². The van der Waals surface area contributed by atoms with Gasteiger partial charge in [0, 0.05) is 32.7 Å². The van der Waals surface area contributed by atoms with Gasteiger partial charge in [0.1, 0.15) is 5.75 Å². The van der Waals surface area contributed by atoms with Gasteiger partial charge in [-0.05, 0) is 30.8 Å². The molecule has 0 heterocycles. The molecule has 2 aromatic rings. The SMILES string of the molecule is CN=C(NCc1ccc(S(=O)(=O)NC)cc1)N(C)Cc1ccccc1OC. The molecule has 0 bridgehead atoms. The van der Waals surface area contributed by atoms with Crippen molar-refractivity contribution in [1.82, 2.24) is 14.9 Å². The fourth-order valence-corrected chi connectivity index (χ4v) is 3.36. The lowest BCUT2D eigenvalue weighted by Crippen LogP contribution is -2.38. The predicted octanol–water partition coefficient (Wildman–Crippen LogP) is 1.81. The fourth-order valence-electron chi connectivity index (χ4n) is 2.63. The number of sulfonamides is 1. The molecule has 146 valence electrons. The summed E-state index contributed by atoms with van der Waals surface area (Å²) in [4.78, 5) is 6.55. The van der Waals surface area contributed by atoms with Gasteiger partial charge >= 0.3 is 0 Å². The zero-order chi connectivity index (χ0) is 19.9. The van der Waals surface area contributed by atoms with Crippen molar-refractivity contribution in [3.05, 3.63) is 59.7 Å². The molecule has 0 radical (unpaired) electrons. The smallest absolute Gasteiger partial charge is 0.240 e. The van der Waals surface area contributed by atoms with E-state index in [1.165, 1.54) is 7.05 Å². The van der Waals surface area contributed by atoms with E-state index < -0.39 is 10.0 Å². The summed E-state index contributed by atoms with van der Waals surface area (Å²) in [6, 6.07) is 14.6. The molecule has 7 nitrogen and oxygen atoms in total. The van der Waals surface area contributed by atoms with E-state index in [2.05, 4.69) is 15.0 Å². The van der Waals surface area contributed by atoms with Crippen molar-refractivity contribution < 1.29 is 13.2 Å². The van der Waals surface area contributed by atoms with Crippen LogP contribution in [0.5, 0.6) is 5.75 Å². The number of ether oxygens (including phenoxy) is 1. The monoisotopic (exact) mass is 390 g/mol. The van der Waals surface area contributed by atoms with Crippen LogP contribution in [0.1, 0.15) is 11.1 Å². The molecule has 0 saturated heterocycles. The molecule has 0 aliphatic carbocycles. The van der Waals surface area contributed by atoms with Gasteiger partial charge in [0.05, 0.1) is 12.0 Å². The molecule has 27 heavy (non-hydrogen) atoms. The third kappa shape index (κ3) is 5.45. The number of nitrogens with zero attached hydrogens (tertiary/aromatic N) is 2. The molecule has 0 fully saturated rings. The van der Waals surface area contributed by atoms with Gasteiger partial charge in [-0.1, -0.05) is 30.3 Å². The van der Waals surface area contributed by atoms with E-state index in [-0.39, 0.29) is 4.90 Å². The Morgan fingerprint density at radius 3 is 2.41 bits per heavy atom. The minimum Gasteiger partial charge on any atom is -0.496 e. The highest BCUT2D eigenvalue weighted by Gasteiger charge is 2.12. The van der Waals surface area contributed by atoms with Gasteiger partial charge in [-0.25, -0.2) is 13.1 Å². The first-order valence-corrected chi connectivity index (χ1v) is 9.95. The summed E-state index contributed by atoms with van der Waals surface area (Å²) in [6.45, 7) is 1.17. The summed E-state index contributed by atoms with van der Waals surface area (Å²) in [5.74, 6) is 1.56. The quantitative estimate of drug-likeness (QED) is 0.557. The third-order valence-corrected chi connectivity index (χ3v) is 5.56. The van der Waals surface area contributed by atoms with E-state index in [4.69, 9.17) is 4.74 Å². The van der Waals surface area contributed by atoms with Crippen molar-refractivity contribution in [3.63, 3.8) is 0 Å². The number of methoxy groups -OCH3 is 1. The van der Waals surface area contributed by atoms with Crippen LogP contribution in [0.25, 0.3) is 0 Å². The normalized spacial score (nSPS) is 11.9. The Labute approximate surface area is 161 Å². The number of aliphatic imine (C=N–C) groups is 1. The number of para-hydroxylation sites is 1. The number of hydrogen-bond donors (Lipinski definition) is 2. The number of hydrogen-bond acceptors (Lipinski definition) is 4. The second kappa shape index (κ2) is 9.38. The lowest BCUT2D eigenvalue weighted by atomic mass is 10.2. The molecule has 0 atom stereocenters. The van der Waals surface area contributed by atoms with Crippen molar-refractivity contribution >= 4 is 16.0 Å². The van der Waals surface area contributed by atoms with Gasteiger partial charge in [-0.2, -0.15) is 0 Å². The van der Waals surface area contributed by atoms with Gasteiger partial charge in [-0.15, -0.1) is 0 Å². The molecule has 0 amide bonds. The molecule has 2 rings (SSSR count). The first-order valence-electron chi connectivity index (χ1n) is 8.47. The van der Waals surface area contributed by atoms with Crippen LogP contribution >= 0.6 is 0 Å². The average molecular weight is 391 g/mol. The van der Waals surface area contributed by atoms with Gasteiger partial charge in [0.25, 0.3) is 0 Å². The summed E-state index contributed by atoms with van der Waals surface area (Å²) < 4.78 is 31.3. The van der Waals surface area contributed by atoms with Crippen LogP contribution < -0.4 is 14.8 Å². The van der Waals surface area contributed by atoms with E-state index in [1.807, 2.05) is 36.2 Å². The maximum atomic E-state index is 11.8. The highest BCUT2D eigenvalue weighted by molar-refractivity contribution is 7.89. The van der Waals surface area contributed by atoms with Crippen molar-refractivity contribution in [2.45, 2.75) is 18.0 Å². The molecule has 0 aliphatic heterocycles. The molecule has 0 spiro atoms. The predicted molar refractivity (Wildman–Crippen MR) is 107 cm³/mol. The van der Waals surface area contributed by atoms with Crippen LogP contribution in [-0.4, -0.2) is 47.5 Å². The van der Waals surface area contributed by atoms with Crippen molar-refractivity contribution in [3.8, 4) is 5.75 Å². The molecule has 2 aromatic carbocycles. The Morgan fingerprint density at radius 2 is 1.81 bits per heavy atom. The topological polar surface area (TPSA) is 83.0 Å². The minimum absolute atomic E-state index is 0.242. The van der Waals surface area contributed by atoms with Crippen LogP contribution in [-0.2, 0) is 23.1 Å². The van der Waals surface area contributed by atoms with Crippen LogP contribution in [0.3, 0.4) is 0 Å². The first-order chi connectivity index (χ1) is 12.9. The first kappa shape index (κ1) is 20.7. The lowest BCUT2D eigenvalue weighted by molar-refractivity contribution is 0.396. The van der Waals surface area contributed by atoms with Gasteiger partial charge in [0.15, 0.2) is 5.96 Å². The molecule has 0 aliphatic rings. The van der Waals surface area contributed by atoms with E-state index in [1.54, 1.807) is 38.4 Å². The largest absolute Gasteiger partial charge is 0.496 e. The minimum atomic E-state index is -3.42. The summed E-state index contributed by atoms with van der Waals surface area (Å²) >= 11 is 0. The fraction of sp³-hybridized carbons (Fsp3) is 0.316. The Kier molecular flexibility index (Phi) is 7.20. The van der Waals surface area contributed by atoms with Crippen LogP contribution in [0.2, 0.25) is 0 Å². The summed E-state index contributed by atoms with van der Waals surface area (Å²) in [5, 5.41) is 3.29. The van der Waals surface area contributed by atoms with E-state index in [0.717, 1.165) is 22.8 Å². The highest BCUT2D eigenvalue weighted by atomic mass is 32.2.